The van der Waals surface area contributed by atoms with Crippen molar-refractivity contribution in [2.75, 3.05) is 0 Å². The van der Waals surface area contributed by atoms with E-state index in [1.807, 2.05) is 0 Å². The van der Waals surface area contributed by atoms with Crippen LogP contribution in [0.4, 0.5) is 0 Å². The molecule has 0 atom stereocenters. The van der Waals surface area contributed by atoms with E-state index in [1.165, 1.54) is 0 Å². The normalized spacial score (nSPS) is 9.43. The van der Waals surface area contributed by atoms with E-state index < -0.39 is 0 Å². The quantitative estimate of drug-likeness (QED) is 0.380. The minimum Gasteiger partial charge on any atom is -1.00 e. The van der Waals surface area contributed by atoms with Gasteiger partial charge in [0.15, 0.2) is 0 Å². The van der Waals surface area contributed by atoms with Crippen LogP contribution >= 0.6 is 0 Å². The molecule has 0 aromatic heterocycles. The van der Waals surface area contributed by atoms with Gasteiger partial charge in [-0.25, -0.2) is 0 Å². The van der Waals surface area contributed by atoms with E-state index in [2.05, 4.69) is 26.9 Å². The van der Waals surface area contributed by atoms with Crippen molar-refractivity contribution in [2.24, 2.45) is 0 Å². The molecule has 0 nitrogen and oxygen atoms in total. The first kappa shape index (κ1) is 10.7. The summed E-state index contributed by atoms with van der Waals surface area (Å²) in [6.07, 6.45) is 0. The summed E-state index contributed by atoms with van der Waals surface area (Å²) in [5, 5.41) is 0. The summed E-state index contributed by atoms with van der Waals surface area (Å²) in [6.45, 7) is 9.36. The smallest absolute Gasteiger partial charge is 1.00 e. The molecular weight excluding hydrogens is 95.1 g/mol. The van der Waals surface area contributed by atoms with Gasteiger partial charge < -0.3 is 1.43 Å². The Morgan fingerprint density at radius 2 is 1.43 bits per heavy atom. The standard InChI is InChI=1S/C5H14Si.Li.H/c1-5(2)6(3)4;;/h5-6H,1-4H3;;/q;+1;-1. The van der Waals surface area contributed by atoms with E-state index in [0.29, 0.717) is 0 Å². The van der Waals surface area contributed by atoms with Crippen LogP contribution in [0.15, 0.2) is 0 Å². The Morgan fingerprint density at radius 3 is 1.43 bits per heavy atom. The predicted molar refractivity (Wildman–Crippen MR) is 35.1 cm³/mol. The van der Waals surface area contributed by atoms with Gasteiger partial charge in [-0.3, -0.25) is 0 Å². The van der Waals surface area contributed by atoms with Gasteiger partial charge in [-0.15, -0.1) is 0 Å². The minimum absolute atomic E-state index is 0. The van der Waals surface area contributed by atoms with E-state index in [0.717, 1.165) is 5.54 Å². The van der Waals surface area contributed by atoms with Crippen LogP contribution in [-0.2, 0) is 0 Å². The van der Waals surface area contributed by atoms with Crippen molar-refractivity contribution in [3.63, 3.8) is 0 Å². The SMILES string of the molecule is CC(C)[SiH](C)C.[H-].[Li+]. The van der Waals surface area contributed by atoms with Gasteiger partial charge in [-0.05, 0) is 0 Å². The van der Waals surface area contributed by atoms with Crippen LogP contribution in [-0.4, -0.2) is 8.80 Å². The molecule has 0 aliphatic heterocycles. The van der Waals surface area contributed by atoms with E-state index in [1.54, 1.807) is 0 Å². The Labute approximate surface area is 62.0 Å². The molecule has 0 heterocycles. The molecule has 0 aliphatic carbocycles. The molecule has 0 spiro atoms. The summed E-state index contributed by atoms with van der Waals surface area (Å²) in [7, 11) is -0.244. The molecule has 0 N–H and O–H groups in total. The third-order valence-electron chi connectivity index (χ3n) is 1.33. The number of rotatable bonds is 1. The van der Waals surface area contributed by atoms with E-state index >= 15 is 0 Å². The molecule has 0 amide bonds. The third-order valence-corrected chi connectivity index (χ3v) is 4.00. The predicted octanol–water partition coefficient (Wildman–Crippen LogP) is -1.00. The van der Waals surface area contributed by atoms with Crippen molar-refractivity contribution in [2.45, 2.75) is 32.5 Å². The Kier molecular flexibility index (Phi) is 7.61. The van der Waals surface area contributed by atoms with Crippen LogP contribution in [0.2, 0.25) is 18.6 Å². The van der Waals surface area contributed by atoms with Crippen LogP contribution in [0.25, 0.3) is 0 Å². The third kappa shape index (κ3) is 6.81. The summed E-state index contributed by atoms with van der Waals surface area (Å²) in [5.41, 5.74) is 0.991. The van der Waals surface area contributed by atoms with Crippen molar-refractivity contribution in [1.29, 1.82) is 0 Å². The molecule has 0 bridgehead atoms. The van der Waals surface area contributed by atoms with Crippen molar-refractivity contribution < 1.29 is 20.3 Å². The van der Waals surface area contributed by atoms with Gasteiger partial charge in [-0.2, -0.15) is 0 Å². The van der Waals surface area contributed by atoms with Crippen molar-refractivity contribution >= 4 is 8.80 Å². The minimum atomic E-state index is -0.244. The molecule has 0 unspecified atom stereocenters. The first-order chi connectivity index (χ1) is 2.64. The van der Waals surface area contributed by atoms with Crippen LogP contribution in [0.3, 0.4) is 0 Å². The molecule has 0 aromatic carbocycles. The summed E-state index contributed by atoms with van der Waals surface area (Å²) >= 11 is 0. The maximum Gasteiger partial charge on any atom is 1.00 e. The first-order valence-corrected chi connectivity index (χ1v) is 5.62. The maximum absolute atomic E-state index is 2.38. The largest absolute Gasteiger partial charge is 1.00 e. The fraction of sp³-hybridized carbons (Fsp3) is 1.00. The molecule has 2 heteroatoms. The van der Waals surface area contributed by atoms with Gasteiger partial charge in [0.05, 0.1) is 0 Å². The zero-order valence-corrected chi connectivity index (χ0v) is 7.31. The Morgan fingerprint density at radius 1 is 1.29 bits per heavy atom. The van der Waals surface area contributed by atoms with Crippen molar-refractivity contribution in [3.8, 4) is 0 Å². The van der Waals surface area contributed by atoms with Gasteiger partial charge in [0.1, 0.15) is 0 Å². The van der Waals surface area contributed by atoms with Crippen LogP contribution < -0.4 is 18.9 Å². The summed E-state index contributed by atoms with van der Waals surface area (Å²) in [6, 6.07) is 0. The molecule has 0 aliphatic rings. The molecule has 0 fully saturated rings. The zero-order valence-electron chi connectivity index (χ0n) is 7.15. The Hall–Kier alpha value is 0.814. The van der Waals surface area contributed by atoms with E-state index in [4.69, 9.17) is 0 Å². The monoisotopic (exact) mass is 110 g/mol. The van der Waals surface area contributed by atoms with E-state index in [9.17, 15) is 0 Å². The van der Waals surface area contributed by atoms with Crippen molar-refractivity contribution in [1.82, 2.24) is 0 Å². The first-order valence-electron chi connectivity index (χ1n) is 2.64. The molecular formula is C5H15LiSi. The number of hydrogen-bond acceptors (Lipinski definition) is 0. The fourth-order valence-corrected chi connectivity index (χ4v) is 0. The second-order valence-electron chi connectivity index (χ2n) is 2.49. The Bertz CT molecular complexity index is 33.4. The second-order valence-corrected chi connectivity index (χ2v) is 6.31. The molecule has 0 rings (SSSR count). The summed E-state index contributed by atoms with van der Waals surface area (Å²) in [5.74, 6) is 0. The molecule has 0 radical (unpaired) electrons. The topological polar surface area (TPSA) is 0 Å². The molecule has 0 saturated heterocycles. The average molecular weight is 110 g/mol. The summed E-state index contributed by atoms with van der Waals surface area (Å²) < 4.78 is 0. The summed E-state index contributed by atoms with van der Waals surface area (Å²) in [4.78, 5) is 0. The van der Waals surface area contributed by atoms with Crippen LogP contribution in [0.5, 0.6) is 0 Å². The van der Waals surface area contributed by atoms with Crippen LogP contribution in [0.1, 0.15) is 15.3 Å². The zero-order chi connectivity index (χ0) is 5.15. The van der Waals surface area contributed by atoms with Gasteiger partial charge in [0.2, 0.25) is 0 Å². The maximum atomic E-state index is 2.38. The second kappa shape index (κ2) is 4.96. The number of hydrogen-bond donors (Lipinski definition) is 0. The fourth-order valence-electron chi connectivity index (χ4n) is 0. The van der Waals surface area contributed by atoms with Crippen LogP contribution in [0, 0.1) is 0 Å². The van der Waals surface area contributed by atoms with Crippen molar-refractivity contribution in [3.05, 3.63) is 0 Å². The van der Waals surface area contributed by atoms with Gasteiger partial charge in [0.25, 0.3) is 0 Å². The average Bonchev–Trinajstić information content (AvgIpc) is 1.36. The van der Waals surface area contributed by atoms with Gasteiger partial charge in [0, 0.05) is 8.80 Å². The molecule has 0 saturated carbocycles. The molecule has 0 aromatic rings. The van der Waals surface area contributed by atoms with Gasteiger partial charge >= 0.3 is 18.9 Å². The molecule has 7 heavy (non-hydrogen) atoms. The Balaban J connectivity index is -0.000000125. The van der Waals surface area contributed by atoms with E-state index in [-0.39, 0.29) is 29.1 Å². The van der Waals surface area contributed by atoms with Gasteiger partial charge in [-0.1, -0.05) is 32.5 Å². The molecule has 40 valence electrons.